The van der Waals surface area contributed by atoms with Crippen molar-refractivity contribution in [3.05, 3.63) is 29.7 Å². The second-order valence-electron chi connectivity index (χ2n) is 6.98. The fraction of sp³-hybridized carbons (Fsp3) is 0.529. The molecule has 0 bridgehead atoms. The van der Waals surface area contributed by atoms with E-state index in [1.54, 1.807) is 0 Å². The molecule has 112 valence electrons. The summed E-state index contributed by atoms with van der Waals surface area (Å²) in [6.07, 6.45) is 1.22. The number of furan rings is 1. The van der Waals surface area contributed by atoms with Crippen LogP contribution in [0.2, 0.25) is 0 Å². The monoisotopic (exact) mass is 285 g/mol. The first-order chi connectivity index (χ1) is 9.88. The average Bonchev–Trinajstić information content (AvgIpc) is 2.98. The predicted octanol–water partition coefficient (Wildman–Crippen LogP) is 4.20. The normalized spacial score (nSPS) is 21.4. The largest absolute Gasteiger partial charge is 0.457 e. The maximum Gasteiger partial charge on any atom is 0.197 e. The van der Waals surface area contributed by atoms with Crippen LogP contribution in [-0.4, -0.2) is 17.0 Å². The fourth-order valence-corrected chi connectivity index (χ4v) is 2.46. The minimum absolute atomic E-state index is 0.0241. The molecule has 0 aliphatic heterocycles. The Balaban J connectivity index is 1.99. The summed E-state index contributed by atoms with van der Waals surface area (Å²) >= 11 is 0. The molecule has 2 atom stereocenters. The number of hydrogen-bond donors (Lipinski definition) is 1. The van der Waals surface area contributed by atoms with Crippen LogP contribution in [0.1, 0.15) is 51.5 Å². The van der Waals surface area contributed by atoms with Crippen molar-refractivity contribution < 1.29 is 4.42 Å². The van der Waals surface area contributed by atoms with E-state index in [0.717, 1.165) is 29.0 Å². The second-order valence-corrected chi connectivity index (χ2v) is 6.98. The van der Waals surface area contributed by atoms with Crippen LogP contribution in [0.15, 0.2) is 22.6 Å². The predicted molar refractivity (Wildman–Crippen MR) is 84.5 cm³/mol. The van der Waals surface area contributed by atoms with Crippen molar-refractivity contribution in [3.63, 3.8) is 0 Å². The third-order valence-corrected chi connectivity index (χ3v) is 4.07. The number of rotatable bonds is 3. The third kappa shape index (κ3) is 2.80. The van der Waals surface area contributed by atoms with E-state index in [-0.39, 0.29) is 5.41 Å². The van der Waals surface area contributed by atoms with E-state index in [1.807, 2.05) is 19.2 Å². The maximum atomic E-state index is 5.98. The summed E-state index contributed by atoms with van der Waals surface area (Å²) in [5.41, 5.74) is 0.985. The van der Waals surface area contributed by atoms with E-state index in [2.05, 4.69) is 44.1 Å². The van der Waals surface area contributed by atoms with Gasteiger partial charge in [-0.2, -0.15) is 0 Å². The van der Waals surface area contributed by atoms with Crippen LogP contribution in [0.3, 0.4) is 0 Å². The molecule has 2 aromatic heterocycles. The fourth-order valence-electron chi connectivity index (χ4n) is 2.46. The number of nitrogens with one attached hydrogen (secondary N) is 1. The molecule has 1 aliphatic rings. The SMILES string of the molecule is CNc1cc(C(C)(C)C)nc(-c2ccc(C3CC3C)o2)n1. The van der Waals surface area contributed by atoms with Crippen molar-refractivity contribution >= 4 is 5.82 Å². The molecule has 21 heavy (non-hydrogen) atoms. The molecule has 1 fully saturated rings. The Morgan fingerprint density at radius 3 is 2.52 bits per heavy atom. The third-order valence-electron chi connectivity index (χ3n) is 4.07. The summed E-state index contributed by atoms with van der Waals surface area (Å²) < 4.78 is 5.98. The second kappa shape index (κ2) is 4.86. The van der Waals surface area contributed by atoms with Gasteiger partial charge in [-0.25, -0.2) is 9.97 Å². The number of anilines is 1. The van der Waals surface area contributed by atoms with Gasteiger partial charge in [0.2, 0.25) is 0 Å². The minimum Gasteiger partial charge on any atom is -0.457 e. The van der Waals surface area contributed by atoms with E-state index in [4.69, 9.17) is 9.40 Å². The molecule has 0 radical (unpaired) electrons. The maximum absolute atomic E-state index is 5.98. The van der Waals surface area contributed by atoms with Gasteiger partial charge in [0.05, 0.1) is 5.69 Å². The first-order valence-corrected chi connectivity index (χ1v) is 7.56. The molecule has 2 aromatic rings. The molecule has 0 aromatic carbocycles. The lowest BCUT2D eigenvalue weighted by Crippen LogP contribution is -2.15. The molecule has 1 N–H and O–H groups in total. The summed E-state index contributed by atoms with van der Waals surface area (Å²) in [5, 5.41) is 3.11. The Hall–Kier alpha value is -1.84. The lowest BCUT2D eigenvalue weighted by atomic mass is 9.92. The van der Waals surface area contributed by atoms with Gasteiger partial charge in [0.25, 0.3) is 0 Å². The number of aromatic nitrogens is 2. The van der Waals surface area contributed by atoms with Crippen LogP contribution in [-0.2, 0) is 5.41 Å². The van der Waals surface area contributed by atoms with Crippen molar-refractivity contribution in [1.29, 1.82) is 0 Å². The summed E-state index contributed by atoms with van der Waals surface area (Å²) in [4.78, 5) is 9.22. The summed E-state index contributed by atoms with van der Waals surface area (Å²) in [6, 6.07) is 6.05. The van der Waals surface area contributed by atoms with Crippen LogP contribution in [0.4, 0.5) is 5.82 Å². The number of nitrogens with zero attached hydrogens (tertiary/aromatic N) is 2. The van der Waals surface area contributed by atoms with Crippen molar-refractivity contribution in [2.45, 2.75) is 45.4 Å². The first kappa shape index (κ1) is 14.1. The van der Waals surface area contributed by atoms with Crippen LogP contribution in [0, 0.1) is 5.92 Å². The Labute approximate surface area is 126 Å². The van der Waals surface area contributed by atoms with E-state index in [0.29, 0.717) is 11.7 Å². The smallest absolute Gasteiger partial charge is 0.197 e. The zero-order valence-electron chi connectivity index (χ0n) is 13.4. The molecule has 1 saturated carbocycles. The van der Waals surface area contributed by atoms with Gasteiger partial charge in [0, 0.05) is 24.4 Å². The minimum atomic E-state index is -0.0241. The summed E-state index contributed by atoms with van der Waals surface area (Å²) in [7, 11) is 1.87. The van der Waals surface area contributed by atoms with Gasteiger partial charge < -0.3 is 9.73 Å². The van der Waals surface area contributed by atoms with Crippen molar-refractivity contribution in [3.8, 4) is 11.6 Å². The average molecular weight is 285 g/mol. The summed E-state index contributed by atoms with van der Waals surface area (Å²) in [5.74, 6) is 4.61. The quantitative estimate of drug-likeness (QED) is 0.918. The van der Waals surface area contributed by atoms with Crippen LogP contribution in [0.25, 0.3) is 11.6 Å². The van der Waals surface area contributed by atoms with E-state index in [1.165, 1.54) is 6.42 Å². The topological polar surface area (TPSA) is 51.0 Å². The molecular formula is C17H23N3O. The highest BCUT2D eigenvalue weighted by atomic mass is 16.3. The van der Waals surface area contributed by atoms with Gasteiger partial charge in [0.1, 0.15) is 11.6 Å². The van der Waals surface area contributed by atoms with Gasteiger partial charge in [-0.15, -0.1) is 0 Å². The molecule has 0 spiro atoms. The Morgan fingerprint density at radius 1 is 1.24 bits per heavy atom. The van der Waals surface area contributed by atoms with Crippen molar-refractivity contribution in [2.75, 3.05) is 12.4 Å². The van der Waals surface area contributed by atoms with Gasteiger partial charge in [-0.3, -0.25) is 0 Å². The molecule has 4 heteroatoms. The lowest BCUT2D eigenvalue weighted by Gasteiger charge is -2.18. The molecule has 2 unspecified atom stereocenters. The molecule has 0 saturated heterocycles. The Morgan fingerprint density at radius 2 is 1.95 bits per heavy atom. The van der Waals surface area contributed by atoms with Crippen LogP contribution < -0.4 is 5.32 Å². The Bertz CT molecular complexity index is 654. The van der Waals surface area contributed by atoms with Crippen molar-refractivity contribution in [2.24, 2.45) is 5.92 Å². The van der Waals surface area contributed by atoms with Crippen molar-refractivity contribution in [1.82, 2.24) is 9.97 Å². The molecular weight excluding hydrogens is 262 g/mol. The van der Waals surface area contributed by atoms with Crippen LogP contribution >= 0.6 is 0 Å². The molecule has 1 aliphatic carbocycles. The highest BCUT2D eigenvalue weighted by Crippen LogP contribution is 2.47. The summed E-state index contributed by atoms with van der Waals surface area (Å²) in [6.45, 7) is 8.71. The first-order valence-electron chi connectivity index (χ1n) is 7.56. The van der Waals surface area contributed by atoms with Gasteiger partial charge in [-0.05, 0) is 24.5 Å². The van der Waals surface area contributed by atoms with Gasteiger partial charge >= 0.3 is 0 Å². The zero-order chi connectivity index (χ0) is 15.2. The standard InChI is InChI=1S/C17H23N3O/c1-10-8-11(10)12-6-7-13(21-12)16-19-14(17(2,3)4)9-15(18-5)20-16/h6-7,9-11H,8H2,1-5H3,(H,18,19,20). The van der Waals surface area contributed by atoms with E-state index in [9.17, 15) is 0 Å². The highest BCUT2D eigenvalue weighted by Gasteiger charge is 2.36. The van der Waals surface area contributed by atoms with Gasteiger partial charge in [0.15, 0.2) is 11.6 Å². The zero-order valence-corrected chi connectivity index (χ0v) is 13.4. The highest BCUT2D eigenvalue weighted by molar-refractivity contribution is 5.52. The van der Waals surface area contributed by atoms with Crippen LogP contribution in [0.5, 0.6) is 0 Å². The van der Waals surface area contributed by atoms with E-state index >= 15 is 0 Å². The Kier molecular flexibility index (Phi) is 3.27. The molecule has 3 rings (SSSR count). The molecule has 4 nitrogen and oxygen atoms in total. The molecule has 2 heterocycles. The van der Waals surface area contributed by atoms with E-state index < -0.39 is 0 Å². The lowest BCUT2D eigenvalue weighted by molar-refractivity contribution is 0.512. The van der Waals surface area contributed by atoms with Gasteiger partial charge in [-0.1, -0.05) is 27.7 Å². The number of hydrogen-bond acceptors (Lipinski definition) is 4. The molecule has 0 amide bonds.